The summed E-state index contributed by atoms with van der Waals surface area (Å²) in [4.78, 5) is 25.9. The average Bonchev–Trinajstić information content (AvgIpc) is 2.80. The van der Waals surface area contributed by atoms with Crippen molar-refractivity contribution in [2.75, 3.05) is 18.1 Å². The summed E-state index contributed by atoms with van der Waals surface area (Å²) in [5.41, 5.74) is 0.525. The number of anilines is 1. The standard InChI is InChI=1S/C21H23NO4/c1-15-7-5-8-17(13-15)26-12-6-11-22-19-10-4-3-9-18(19)21(25,20(22)24)14-16(2)23/h3-5,7-10,13,25H,6,11-12,14H2,1-2H3/t21-/m0/s1. The number of ether oxygens (including phenoxy) is 1. The third kappa shape index (κ3) is 3.48. The van der Waals surface area contributed by atoms with Crippen LogP contribution < -0.4 is 9.64 Å². The molecule has 1 N–H and O–H groups in total. The van der Waals surface area contributed by atoms with Gasteiger partial charge in [0, 0.05) is 18.5 Å². The Morgan fingerprint density at radius 1 is 1.19 bits per heavy atom. The zero-order chi connectivity index (χ0) is 18.7. The fourth-order valence-corrected chi connectivity index (χ4v) is 3.38. The van der Waals surface area contributed by atoms with Crippen LogP contribution in [-0.2, 0) is 15.2 Å². The molecule has 0 fully saturated rings. The second-order valence-corrected chi connectivity index (χ2v) is 6.73. The normalized spacial score (nSPS) is 18.7. The summed E-state index contributed by atoms with van der Waals surface area (Å²) in [5.74, 6) is 0.135. The maximum Gasteiger partial charge on any atom is 0.264 e. The number of fused-ring (bicyclic) bond motifs is 1. The van der Waals surface area contributed by atoms with E-state index in [-0.39, 0.29) is 12.2 Å². The summed E-state index contributed by atoms with van der Waals surface area (Å²) >= 11 is 0. The molecule has 0 aliphatic carbocycles. The highest BCUT2D eigenvalue weighted by Crippen LogP contribution is 2.42. The first-order chi connectivity index (χ1) is 12.4. The second kappa shape index (κ2) is 7.30. The molecule has 0 aromatic heterocycles. The van der Waals surface area contributed by atoms with Gasteiger partial charge in [-0.2, -0.15) is 0 Å². The van der Waals surface area contributed by atoms with Crippen molar-refractivity contribution in [3.05, 3.63) is 59.7 Å². The Bertz CT molecular complexity index is 832. The molecular formula is C21H23NO4. The molecule has 0 saturated heterocycles. The number of carbonyl (C=O) groups excluding carboxylic acids is 2. The lowest BCUT2D eigenvalue weighted by molar-refractivity contribution is -0.141. The lowest BCUT2D eigenvalue weighted by Crippen LogP contribution is -2.42. The molecule has 26 heavy (non-hydrogen) atoms. The van der Waals surface area contributed by atoms with Crippen LogP contribution in [0.4, 0.5) is 5.69 Å². The van der Waals surface area contributed by atoms with Crippen LogP contribution in [0.5, 0.6) is 5.75 Å². The minimum Gasteiger partial charge on any atom is -0.494 e. The number of rotatable bonds is 7. The van der Waals surface area contributed by atoms with Crippen molar-refractivity contribution < 1.29 is 19.4 Å². The maximum absolute atomic E-state index is 12.8. The summed E-state index contributed by atoms with van der Waals surface area (Å²) in [6, 6.07) is 14.9. The van der Waals surface area contributed by atoms with Gasteiger partial charge in [-0.15, -0.1) is 0 Å². The number of aryl methyl sites for hydroxylation is 1. The van der Waals surface area contributed by atoms with Gasteiger partial charge >= 0.3 is 0 Å². The molecule has 0 spiro atoms. The Balaban J connectivity index is 1.68. The molecule has 0 bridgehead atoms. The van der Waals surface area contributed by atoms with Gasteiger partial charge in [0.2, 0.25) is 0 Å². The third-order valence-corrected chi connectivity index (χ3v) is 4.53. The number of amides is 1. The lowest BCUT2D eigenvalue weighted by atomic mass is 9.90. The van der Waals surface area contributed by atoms with Gasteiger partial charge in [-0.3, -0.25) is 9.59 Å². The van der Waals surface area contributed by atoms with Gasteiger partial charge in [0.25, 0.3) is 5.91 Å². The SMILES string of the molecule is CC(=O)C[C@@]1(O)C(=O)N(CCCOc2cccc(C)c2)c2ccccc21. The number of carbonyl (C=O) groups is 2. The summed E-state index contributed by atoms with van der Waals surface area (Å²) < 4.78 is 5.73. The van der Waals surface area contributed by atoms with Crippen molar-refractivity contribution in [3.8, 4) is 5.75 Å². The molecule has 1 atom stereocenters. The molecule has 0 radical (unpaired) electrons. The number of nitrogens with zero attached hydrogens (tertiary/aromatic N) is 1. The number of hydrogen-bond donors (Lipinski definition) is 1. The first-order valence-corrected chi connectivity index (χ1v) is 8.74. The lowest BCUT2D eigenvalue weighted by Gasteiger charge is -2.22. The highest BCUT2D eigenvalue weighted by Gasteiger charge is 2.49. The second-order valence-electron chi connectivity index (χ2n) is 6.73. The number of benzene rings is 2. The van der Waals surface area contributed by atoms with E-state index in [1.807, 2.05) is 37.3 Å². The predicted octanol–water partition coefficient (Wildman–Crippen LogP) is 2.98. The van der Waals surface area contributed by atoms with Gasteiger partial charge in [-0.25, -0.2) is 0 Å². The minimum atomic E-state index is -1.76. The predicted molar refractivity (Wildman–Crippen MR) is 99.3 cm³/mol. The van der Waals surface area contributed by atoms with E-state index in [0.29, 0.717) is 30.8 Å². The van der Waals surface area contributed by atoms with E-state index in [1.165, 1.54) is 6.92 Å². The average molecular weight is 353 g/mol. The highest BCUT2D eigenvalue weighted by atomic mass is 16.5. The molecule has 136 valence electrons. The fraction of sp³-hybridized carbons (Fsp3) is 0.333. The van der Waals surface area contributed by atoms with Gasteiger partial charge < -0.3 is 14.7 Å². The number of aliphatic hydroxyl groups is 1. The highest BCUT2D eigenvalue weighted by molar-refractivity contribution is 6.08. The molecule has 1 heterocycles. The van der Waals surface area contributed by atoms with Crippen molar-refractivity contribution in [1.82, 2.24) is 0 Å². The van der Waals surface area contributed by atoms with Crippen LogP contribution in [0.15, 0.2) is 48.5 Å². The first-order valence-electron chi connectivity index (χ1n) is 8.74. The maximum atomic E-state index is 12.8. The molecule has 1 aliphatic heterocycles. The molecule has 0 unspecified atom stereocenters. The summed E-state index contributed by atoms with van der Waals surface area (Å²) in [6.07, 6.45) is 0.406. The summed E-state index contributed by atoms with van der Waals surface area (Å²) in [7, 11) is 0. The smallest absolute Gasteiger partial charge is 0.264 e. The summed E-state index contributed by atoms with van der Waals surface area (Å²) in [6.45, 7) is 4.26. The molecule has 1 aliphatic rings. The van der Waals surface area contributed by atoms with Gasteiger partial charge in [0.1, 0.15) is 11.5 Å². The van der Waals surface area contributed by atoms with E-state index in [1.54, 1.807) is 23.1 Å². The van der Waals surface area contributed by atoms with Gasteiger partial charge in [-0.1, -0.05) is 30.3 Å². The minimum absolute atomic E-state index is 0.209. The Morgan fingerprint density at radius 2 is 1.96 bits per heavy atom. The Hall–Kier alpha value is -2.66. The van der Waals surface area contributed by atoms with E-state index in [4.69, 9.17) is 4.74 Å². The van der Waals surface area contributed by atoms with E-state index in [0.717, 1.165) is 11.3 Å². The molecule has 1 amide bonds. The largest absolute Gasteiger partial charge is 0.494 e. The van der Waals surface area contributed by atoms with Crippen LogP contribution in [0.1, 0.15) is 30.9 Å². The quantitative estimate of drug-likeness (QED) is 0.777. The van der Waals surface area contributed by atoms with E-state index in [9.17, 15) is 14.7 Å². The Kier molecular flexibility index (Phi) is 5.09. The third-order valence-electron chi connectivity index (χ3n) is 4.53. The van der Waals surface area contributed by atoms with Crippen LogP contribution in [-0.4, -0.2) is 29.9 Å². The monoisotopic (exact) mass is 353 g/mol. The van der Waals surface area contributed by atoms with Crippen LogP contribution in [0.2, 0.25) is 0 Å². The van der Waals surface area contributed by atoms with Crippen LogP contribution in [0.3, 0.4) is 0 Å². The molecule has 2 aromatic carbocycles. The van der Waals surface area contributed by atoms with Crippen molar-refractivity contribution in [2.24, 2.45) is 0 Å². The van der Waals surface area contributed by atoms with Gasteiger partial charge in [-0.05, 0) is 44.0 Å². The molecular weight excluding hydrogens is 330 g/mol. The molecule has 2 aromatic rings. The summed E-state index contributed by atoms with van der Waals surface area (Å²) in [5, 5.41) is 10.9. The van der Waals surface area contributed by atoms with Gasteiger partial charge in [0.15, 0.2) is 5.60 Å². The topological polar surface area (TPSA) is 66.8 Å². The van der Waals surface area contributed by atoms with Crippen molar-refractivity contribution >= 4 is 17.4 Å². The number of para-hydroxylation sites is 1. The number of Topliss-reactive ketones (excluding diaryl/α,β-unsaturated/α-hetero) is 1. The molecule has 0 saturated carbocycles. The molecule has 3 rings (SSSR count). The zero-order valence-corrected chi connectivity index (χ0v) is 15.1. The Labute approximate surface area is 153 Å². The number of ketones is 1. The fourth-order valence-electron chi connectivity index (χ4n) is 3.38. The van der Waals surface area contributed by atoms with Gasteiger partial charge in [0.05, 0.1) is 12.3 Å². The molecule has 5 nitrogen and oxygen atoms in total. The Morgan fingerprint density at radius 3 is 2.69 bits per heavy atom. The zero-order valence-electron chi connectivity index (χ0n) is 15.1. The first kappa shape index (κ1) is 18.1. The number of hydrogen-bond acceptors (Lipinski definition) is 4. The van der Waals surface area contributed by atoms with E-state index < -0.39 is 11.5 Å². The van der Waals surface area contributed by atoms with Crippen molar-refractivity contribution in [1.29, 1.82) is 0 Å². The van der Waals surface area contributed by atoms with Crippen LogP contribution in [0.25, 0.3) is 0 Å². The van der Waals surface area contributed by atoms with Crippen LogP contribution >= 0.6 is 0 Å². The van der Waals surface area contributed by atoms with Crippen molar-refractivity contribution in [2.45, 2.75) is 32.3 Å². The van der Waals surface area contributed by atoms with E-state index in [2.05, 4.69) is 0 Å². The van der Waals surface area contributed by atoms with Crippen LogP contribution in [0, 0.1) is 6.92 Å². The molecule has 5 heteroatoms. The van der Waals surface area contributed by atoms with Crippen molar-refractivity contribution in [3.63, 3.8) is 0 Å². The van der Waals surface area contributed by atoms with E-state index >= 15 is 0 Å².